The van der Waals surface area contributed by atoms with Crippen LogP contribution in [0.5, 0.6) is 5.75 Å². The normalized spacial score (nSPS) is 16.2. The molecule has 1 saturated heterocycles. The van der Waals surface area contributed by atoms with Crippen LogP contribution in [0.15, 0.2) is 36.8 Å². The molecule has 0 spiro atoms. The number of nitrogens with two attached hydrogens (primary N) is 1. The number of carbonyl (C=O) groups is 1. The molecule has 1 unspecified atom stereocenters. The average molecular weight is 524 g/mol. The first-order chi connectivity index (χ1) is 16.6. The Balaban J connectivity index is 1.50. The van der Waals surface area contributed by atoms with Gasteiger partial charge in [-0.25, -0.2) is 14.2 Å². The van der Waals surface area contributed by atoms with Crippen molar-refractivity contribution < 1.29 is 24.1 Å². The molecule has 2 aromatic heterocycles. The minimum atomic E-state index is -1.05. The number of likely N-dealkylation sites (tertiary alicyclic amines) is 1. The molecule has 3 heterocycles. The van der Waals surface area contributed by atoms with Crippen molar-refractivity contribution >= 4 is 35.1 Å². The van der Waals surface area contributed by atoms with Gasteiger partial charge in [-0.2, -0.15) is 5.10 Å². The third-order valence-electron chi connectivity index (χ3n) is 6.06. The number of carboxylic acid groups (broad SMARTS) is 1. The topological polar surface area (TPSA) is 127 Å². The van der Waals surface area contributed by atoms with Gasteiger partial charge in [0.25, 0.3) is 0 Å². The molecule has 0 aliphatic carbocycles. The molecule has 35 heavy (non-hydrogen) atoms. The maximum absolute atomic E-state index is 13.9. The second kappa shape index (κ2) is 9.88. The zero-order chi connectivity index (χ0) is 25.3. The first-order valence-electron chi connectivity index (χ1n) is 10.8. The molecule has 9 nitrogen and oxygen atoms in total. The Morgan fingerprint density at radius 1 is 1.29 bits per heavy atom. The molecule has 4 rings (SSSR count). The lowest BCUT2D eigenvalue weighted by Gasteiger charge is -2.36. The van der Waals surface area contributed by atoms with Crippen LogP contribution in [-0.2, 0) is 6.54 Å². The van der Waals surface area contributed by atoms with Crippen molar-refractivity contribution in [3.8, 4) is 16.9 Å². The van der Waals surface area contributed by atoms with Crippen LogP contribution in [-0.4, -0.2) is 54.7 Å². The summed E-state index contributed by atoms with van der Waals surface area (Å²) in [6, 6.07) is 4.27. The molecule has 0 bridgehead atoms. The highest BCUT2D eigenvalue weighted by molar-refractivity contribution is 6.36. The van der Waals surface area contributed by atoms with Crippen molar-refractivity contribution in [2.45, 2.75) is 38.0 Å². The molecular weight excluding hydrogens is 500 g/mol. The van der Waals surface area contributed by atoms with Crippen LogP contribution >= 0.6 is 23.2 Å². The number of hydrogen-bond acceptors (Lipinski definition) is 6. The van der Waals surface area contributed by atoms with E-state index in [1.807, 2.05) is 0 Å². The second-order valence-electron chi connectivity index (χ2n) is 8.54. The highest BCUT2D eigenvalue weighted by Gasteiger charge is 2.34. The summed E-state index contributed by atoms with van der Waals surface area (Å²) in [5, 5.41) is 24.4. The molecule has 1 aromatic carbocycles. The van der Waals surface area contributed by atoms with Crippen LogP contribution in [0.2, 0.25) is 10.0 Å². The van der Waals surface area contributed by atoms with Crippen LogP contribution < -0.4 is 10.5 Å². The Bertz CT molecular complexity index is 1250. The molecule has 12 heteroatoms. The summed E-state index contributed by atoms with van der Waals surface area (Å²) in [5.74, 6) is -0.209. The molecule has 1 aliphatic rings. The van der Waals surface area contributed by atoms with E-state index in [1.165, 1.54) is 17.0 Å². The maximum atomic E-state index is 13.9. The van der Waals surface area contributed by atoms with Crippen LogP contribution in [0, 0.1) is 5.82 Å². The average Bonchev–Trinajstić information content (AvgIpc) is 3.26. The number of anilines is 1. The SMILES string of the molecule is CC(Oc1cc(-c2cnn(CC3(O)CCN(C(=O)O)CC3)c2)cnc1N)c1c(Cl)ccc(F)c1Cl. The van der Waals surface area contributed by atoms with Crippen molar-refractivity contribution in [1.82, 2.24) is 19.7 Å². The Morgan fingerprint density at radius 3 is 2.69 bits per heavy atom. The summed E-state index contributed by atoms with van der Waals surface area (Å²) in [5.41, 5.74) is 6.62. The van der Waals surface area contributed by atoms with Crippen LogP contribution in [0.4, 0.5) is 15.0 Å². The third-order valence-corrected chi connectivity index (χ3v) is 6.77. The van der Waals surface area contributed by atoms with Gasteiger partial charge in [-0.15, -0.1) is 0 Å². The molecule has 1 atom stereocenters. The van der Waals surface area contributed by atoms with Crippen molar-refractivity contribution in [3.05, 3.63) is 58.2 Å². The number of hydrogen-bond donors (Lipinski definition) is 3. The number of aromatic nitrogens is 3. The minimum Gasteiger partial charge on any atom is -0.482 e. The van der Waals surface area contributed by atoms with Crippen LogP contribution in [0.25, 0.3) is 11.1 Å². The predicted octanol–water partition coefficient (Wildman–Crippen LogP) is 4.62. The van der Waals surface area contributed by atoms with E-state index in [1.54, 1.807) is 36.3 Å². The number of halogens is 3. The summed E-state index contributed by atoms with van der Waals surface area (Å²) in [4.78, 5) is 16.6. The molecular formula is C23H24Cl2FN5O4. The molecule has 3 aromatic rings. The van der Waals surface area contributed by atoms with Gasteiger partial charge < -0.3 is 25.6 Å². The fourth-order valence-corrected chi connectivity index (χ4v) is 4.72. The highest BCUT2D eigenvalue weighted by atomic mass is 35.5. The summed E-state index contributed by atoms with van der Waals surface area (Å²) in [7, 11) is 0. The Morgan fingerprint density at radius 2 is 2.00 bits per heavy atom. The molecule has 0 radical (unpaired) electrons. The number of piperidine rings is 1. The van der Waals surface area contributed by atoms with Gasteiger partial charge in [0.2, 0.25) is 0 Å². The first-order valence-corrected chi connectivity index (χ1v) is 11.6. The number of nitrogens with zero attached hydrogens (tertiary/aromatic N) is 4. The Kier molecular flexibility index (Phi) is 7.07. The Hall–Kier alpha value is -3.08. The molecule has 0 saturated carbocycles. The van der Waals surface area contributed by atoms with Gasteiger partial charge in [-0.1, -0.05) is 23.2 Å². The summed E-state index contributed by atoms with van der Waals surface area (Å²) in [6.45, 7) is 2.42. The smallest absolute Gasteiger partial charge is 0.407 e. The lowest BCUT2D eigenvalue weighted by atomic mass is 9.91. The van der Waals surface area contributed by atoms with Gasteiger partial charge >= 0.3 is 6.09 Å². The van der Waals surface area contributed by atoms with E-state index in [4.69, 9.17) is 38.8 Å². The summed E-state index contributed by atoms with van der Waals surface area (Å²) < 4.78 is 21.5. The van der Waals surface area contributed by atoms with Gasteiger partial charge in [0.15, 0.2) is 11.6 Å². The summed E-state index contributed by atoms with van der Waals surface area (Å²) >= 11 is 12.3. The quantitative estimate of drug-likeness (QED) is 0.402. The van der Waals surface area contributed by atoms with Gasteiger partial charge in [0.05, 0.1) is 23.4 Å². The lowest BCUT2D eigenvalue weighted by Crippen LogP contribution is -2.48. The fourth-order valence-electron chi connectivity index (χ4n) is 4.05. The lowest BCUT2D eigenvalue weighted by molar-refractivity contribution is -0.0319. The van der Waals surface area contributed by atoms with Crippen molar-refractivity contribution in [1.29, 1.82) is 0 Å². The van der Waals surface area contributed by atoms with E-state index in [9.17, 15) is 14.3 Å². The first kappa shape index (κ1) is 25.0. The maximum Gasteiger partial charge on any atom is 0.407 e. The number of rotatable bonds is 6. The number of ether oxygens (including phenoxy) is 1. The van der Waals surface area contributed by atoms with E-state index in [0.29, 0.717) is 29.5 Å². The van der Waals surface area contributed by atoms with Gasteiger partial charge in [-0.05, 0) is 38.0 Å². The fraction of sp³-hybridized carbons (Fsp3) is 0.348. The molecule has 1 fully saturated rings. The third kappa shape index (κ3) is 5.44. The largest absolute Gasteiger partial charge is 0.482 e. The molecule has 4 N–H and O–H groups in total. The van der Waals surface area contributed by atoms with E-state index in [0.717, 1.165) is 0 Å². The van der Waals surface area contributed by atoms with Crippen LogP contribution in [0.3, 0.4) is 0 Å². The minimum absolute atomic E-state index is 0.124. The van der Waals surface area contributed by atoms with Crippen molar-refractivity contribution in [2.75, 3.05) is 18.8 Å². The second-order valence-corrected chi connectivity index (χ2v) is 9.33. The van der Waals surface area contributed by atoms with Crippen molar-refractivity contribution in [3.63, 3.8) is 0 Å². The van der Waals surface area contributed by atoms with Gasteiger partial charge in [0, 0.05) is 47.2 Å². The standard InChI is InChI=1S/C23H24Cl2FN5O4/c1-13(19-16(24)2-3-17(26)20(19)25)35-18-8-14(9-28-21(18)27)15-10-29-31(11-15)12-23(34)4-6-30(7-5-23)22(32)33/h2-3,8-11,13,34H,4-7,12H2,1H3,(H2,27,28)(H,32,33). The highest BCUT2D eigenvalue weighted by Crippen LogP contribution is 2.37. The molecule has 1 aliphatic heterocycles. The zero-order valence-corrected chi connectivity index (χ0v) is 20.3. The number of benzene rings is 1. The monoisotopic (exact) mass is 523 g/mol. The van der Waals surface area contributed by atoms with E-state index < -0.39 is 23.6 Å². The van der Waals surface area contributed by atoms with Crippen LogP contribution in [0.1, 0.15) is 31.4 Å². The zero-order valence-electron chi connectivity index (χ0n) is 18.8. The predicted molar refractivity (Wildman–Crippen MR) is 129 cm³/mol. The molecule has 186 valence electrons. The molecule has 1 amide bonds. The van der Waals surface area contributed by atoms with E-state index in [-0.39, 0.29) is 41.2 Å². The van der Waals surface area contributed by atoms with E-state index in [2.05, 4.69) is 10.1 Å². The van der Waals surface area contributed by atoms with Crippen molar-refractivity contribution in [2.24, 2.45) is 0 Å². The summed E-state index contributed by atoms with van der Waals surface area (Å²) in [6.07, 6.45) is 3.88. The van der Waals surface area contributed by atoms with Gasteiger partial charge in [0.1, 0.15) is 11.9 Å². The number of pyridine rings is 1. The van der Waals surface area contributed by atoms with Gasteiger partial charge in [-0.3, -0.25) is 4.68 Å². The number of nitrogen functional groups attached to an aromatic ring is 1. The number of amides is 1. The Labute approximate surface area is 210 Å². The number of aliphatic hydroxyl groups is 1. The van der Waals surface area contributed by atoms with E-state index >= 15 is 0 Å².